The SMILES string of the molecule is CC(=O)/C=C(/c1ccc(OC2CCCCO2)cc1)c1ncco1. The normalized spacial score (nSPS) is 18.7. The van der Waals surface area contributed by atoms with Crippen LogP contribution >= 0.6 is 0 Å². The Labute approximate surface area is 134 Å². The highest BCUT2D eigenvalue weighted by Crippen LogP contribution is 2.25. The first-order valence-electron chi connectivity index (χ1n) is 7.73. The van der Waals surface area contributed by atoms with Gasteiger partial charge in [-0.15, -0.1) is 0 Å². The molecular formula is C18H19NO4. The first-order chi connectivity index (χ1) is 11.2. The molecular weight excluding hydrogens is 294 g/mol. The van der Waals surface area contributed by atoms with Crippen molar-refractivity contribution in [2.75, 3.05) is 6.61 Å². The van der Waals surface area contributed by atoms with Crippen LogP contribution < -0.4 is 4.74 Å². The van der Waals surface area contributed by atoms with Gasteiger partial charge in [0.1, 0.15) is 12.0 Å². The summed E-state index contributed by atoms with van der Waals surface area (Å²) in [5.74, 6) is 1.11. The van der Waals surface area contributed by atoms with Gasteiger partial charge in [-0.3, -0.25) is 4.79 Å². The number of oxazole rings is 1. The summed E-state index contributed by atoms with van der Waals surface area (Å²) in [7, 11) is 0. The van der Waals surface area contributed by atoms with Gasteiger partial charge in [0.15, 0.2) is 12.1 Å². The van der Waals surface area contributed by atoms with Crippen LogP contribution in [0.15, 0.2) is 47.2 Å². The van der Waals surface area contributed by atoms with E-state index in [-0.39, 0.29) is 12.1 Å². The molecule has 120 valence electrons. The van der Waals surface area contributed by atoms with Crippen LogP contribution in [0, 0.1) is 0 Å². The van der Waals surface area contributed by atoms with Crippen LogP contribution in [-0.2, 0) is 9.53 Å². The van der Waals surface area contributed by atoms with E-state index in [1.807, 2.05) is 24.3 Å². The lowest BCUT2D eigenvalue weighted by Crippen LogP contribution is -2.24. The van der Waals surface area contributed by atoms with Crippen molar-refractivity contribution in [1.82, 2.24) is 4.98 Å². The molecule has 3 rings (SSSR count). The molecule has 0 spiro atoms. The van der Waals surface area contributed by atoms with E-state index >= 15 is 0 Å². The van der Waals surface area contributed by atoms with Crippen LogP contribution in [0.3, 0.4) is 0 Å². The molecule has 1 aromatic heterocycles. The third kappa shape index (κ3) is 4.07. The molecule has 23 heavy (non-hydrogen) atoms. The Bertz CT molecular complexity index is 668. The van der Waals surface area contributed by atoms with Crippen molar-refractivity contribution >= 4 is 11.4 Å². The fourth-order valence-corrected chi connectivity index (χ4v) is 2.50. The highest BCUT2D eigenvalue weighted by atomic mass is 16.7. The molecule has 0 N–H and O–H groups in total. The summed E-state index contributed by atoms with van der Waals surface area (Å²) in [5.41, 5.74) is 1.50. The Kier molecular flexibility index (Phi) is 4.88. The Hall–Kier alpha value is -2.40. The second-order valence-corrected chi connectivity index (χ2v) is 5.44. The molecule has 5 nitrogen and oxygen atoms in total. The van der Waals surface area contributed by atoms with E-state index in [4.69, 9.17) is 13.9 Å². The Morgan fingerprint density at radius 1 is 1.30 bits per heavy atom. The van der Waals surface area contributed by atoms with Gasteiger partial charge in [0.2, 0.25) is 5.89 Å². The third-order valence-electron chi connectivity index (χ3n) is 3.58. The van der Waals surface area contributed by atoms with Gasteiger partial charge >= 0.3 is 0 Å². The van der Waals surface area contributed by atoms with Crippen molar-refractivity contribution in [3.8, 4) is 5.75 Å². The molecule has 1 unspecified atom stereocenters. The van der Waals surface area contributed by atoms with Gasteiger partial charge in [0.05, 0.1) is 12.8 Å². The number of allylic oxidation sites excluding steroid dienone is 1. The molecule has 0 bridgehead atoms. The maximum absolute atomic E-state index is 11.5. The van der Waals surface area contributed by atoms with E-state index in [0.717, 1.165) is 37.2 Å². The van der Waals surface area contributed by atoms with E-state index in [9.17, 15) is 4.79 Å². The van der Waals surface area contributed by atoms with Crippen molar-refractivity contribution in [3.05, 3.63) is 54.3 Å². The molecule has 0 aliphatic carbocycles. The molecule has 2 aromatic rings. The summed E-state index contributed by atoms with van der Waals surface area (Å²) in [6.07, 6.45) is 7.52. The van der Waals surface area contributed by atoms with Crippen LogP contribution in [0.5, 0.6) is 5.75 Å². The van der Waals surface area contributed by atoms with Crippen LogP contribution in [0.4, 0.5) is 0 Å². The van der Waals surface area contributed by atoms with E-state index in [1.54, 1.807) is 6.20 Å². The molecule has 0 radical (unpaired) electrons. The number of carbonyl (C=O) groups excluding carboxylic acids is 1. The average molecular weight is 313 g/mol. The van der Waals surface area contributed by atoms with Gasteiger partial charge in [-0.05, 0) is 43.5 Å². The zero-order chi connectivity index (χ0) is 16.1. The number of hydrogen-bond acceptors (Lipinski definition) is 5. The minimum atomic E-state index is -0.173. The fourth-order valence-electron chi connectivity index (χ4n) is 2.50. The molecule has 0 saturated carbocycles. The number of nitrogens with zero attached hydrogens (tertiary/aromatic N) is 1. The largest absolute Gasteiger partial charge is 0.465 e. The zero-order valence-corrected chi connectivity index (χ0v) is 13.0. The van der Waals surface area contributed by atoms with Gasteiger partial charge in [-0.1, -0.05) is 12.1 Å². The first-order valence-corrected chi connectivity index (χ1v) is 7.73. The van der Waals surface area contributed by atoms with Crippen LogP contribution in [-0.4, -0.2) is 23.7 Å². The molecule has 1 aromatic carbocycles. The smallest absolute Gasteiger partial charge is 0.226 e. The maximum Gasteiger partial charge on any atom is 0.226 e. The molecule has 1 aliphatic heterocycles. The van der Waals surface area contributed by atoms with E-state index in [0.29, 0.717) is 11.5 Å². The number of benzene rings is 1. The third-order valence-corrected chi connectivity index (χ3v) is 3.58. The lowest BCUT2D eigenvalue weighted by atomic mass is 10.0. The van der Waals surface area contributed by atoms with Gasteiger partial charge in [0.25, 0.3) is 0 Å². The van der Waals surface area contributed by atoms with Crippen LogP contribution in [0.2, 0.25) is 0 Å². The predicted molar refractivity (Wildman–Crippen MR) is 84.9 cm³/mol. The first kappa shape index (κ1) is 15.5. The molecule has 1 atom stereocenters. The number of ether oxygens (including phenoxy) is 2. The minimum absolute atomic E-state index is 0.0610. The van der Waals surface area contributed by atoms with E-state index in [1.165, 1.54) is 19.3 Å². The van der Waals surface area contributed by atoms with E-state index < -0.39 is 0 Å². The number of rotatable bonds is 5. The summed E-state index contributed by atoms with van der Waals surface area (Å²) in [4.78, 5) is 15.6. The predicted octanol–water partition coefficient (Wildman–Crippen LogP) is 3.60. The summed E-state index contributed by atoms with van der Waals surface area (Å²) in [6, 6.07) is 7.50. The van der Waals surface area contributed by atoms with Gasteiger partial charge in [0, 0.05) is 12.0 Å². The number of carbonyl (C=O) groups is 1. The minimum Gasteiger partial charge on any atom is -0.465 e. The molecule has 0 amide bonds. The standard InChI is InChI=1S/C18H19NO4/c1-13(20)12-16(18-19-9-11-22-18)14-5-7-15(8-6-14)23-17-4-2-3-10-21-17/h5-9,11-12,17H,2-4,10H2,1H3/b16-12-. The van der Waals surface area contributed by atoms with Crippen LogP contribution in [0.25, 0.3) is 5.57 Å². The Morgan fingerprint density at radius 2 is 2.13 bits per heavy atom. The van der Waals surface area contributed by atoms with Crippen molar-refractivity contribution in [2.24, 2.45) is 0 Å². The zero-order valence-electron chi connectivity index (χ0n) is 13.0. The molecule has 1 fully saturated rings. The molecule has 1 saturated heterocycles. The quantitative estimate of drug-likeness (QED) is 0.789. The van der Waals surface area contributed by atoms with Gasteiger partial charge < -0.3 is 13.9 Å². The lowest BCUT2D eigenvalue weighted by molar-refractivity contribution is -0.112. The molecule has 5 heteroatoms. The number of aromatic nitrogens is 1. The van der Waals surface area contributed by atoms with Gasteiger partial charge in [-0.25, -0.2) is 4.98 Å². The fraction of sp³-hybridized carbons (Fsp3) is 0.333. The van der Waals surface area contributed by atoms with Crippen molar-refractivity contribution in [2.45, 2.75) is 32.5 Å². The Balaban J connectivity index is 1.78. The summed E-state index contributed by atoms with van der Waals surface area (Å²) >= 11 is 0. The summed E-state index contributed by atoms with van der Waals surface area (Å²) < 4.78 is 16.7. The highest BCUT2D eigenvalue weighted by molar-refractivity contribution is 5.97. The number of hydrogen-bond donors (Lipinski definition) is 0. The molecule has 1 aliphatic rings. The van der Waals surface area contributed by atoms with Crippen molar-refractivity contribution < 1.29 is 18.7 Å². The molecule has 2 heterocycles. The van der Waals surface area contributed by atoms with E-state index in [2.05, 4.69) is 4.98 Å². The maximum atomic E-state index is 11.5. The van der Waals surface area contributed by atoms with Gasteiger partial charge in [-0.2, -0.15) is 0 Å². The highest BCUT2D eigenvalue weighted by Gasteiger charge is 2.16. The lowest BCUT2D eigenvalue weighted by Gasteiger charge is -2.23. The average Bonchev–Trinajstić information content (AvgIpc) is 3.08. The van der Waals surface area contributed by atoms with Crippen LogP contribution in [0.1, 0.15) is 37.6 Å². The second kappa shape index (κ2) is 7.24. The summed E-state index contributed by atoms with van der Waals surface area (Å²) in [6.45, 7) is 2.25. The Morgan fingerprint density at radius 3 is 2.74 bits per heavy atom. The monoisotopic (exact) mass is 313 g/mol. The summed E-state index contributed by atoms with van der Waals surface area (Å²) in [5, 5.41) is 0. The topological polar surface area (TPSA) is 61.6 Å². The van der Waals surface area contributed by atoms with Crippen molar-refractivity contribution in [3.63, 3.8) is 0 Å². The number of ketones is 1. The van der Waals surface area contributed by atoms with Crippen molar-refractivity contribution in [1.29, 1.82) is 0 Å². The second-order valence-electron chi connectivity index (χ2n) is 5.44.